The number of hydrogen-bond acceptors (Lipinski definition) is 1. The molecule has 0 saturated heterocycles. The molecule has 1 N–H and O–H groups in total. The average Bonchev–Trinajstić information content (AvgIpc) is 2.74. The van der Waals surface area contributed by atoms with E-state index in [2.05, 4.69) is 12.2 Å². The molecule has 0 aliphatic heterocycles. The van der Waals surface area contributed by atoms with Crippen molar-refractivity contribution in [3.63, 3.8) is 0 Å². The van der Waals surface area contributed by atoms with Gasteiger partial charge in [0.1, 0.15) is 5.82 Å². The molecule has 2 rings (SSSR count). The lowest BCUT2D eigenvalue weighted by atomic mass is 9.87. The predicted molar refractivity (Wildman–Crippen MR) is 83.4 cm³/mol. The smallest absolute Gasteiger partial charge is 0.123 e. The summed E-state index contributed by atoms with van der Waals surface area (Å²) in [6.07, 6.45) is 10.4. The molecule has 1 nitrogen and oxygen atoms in total. The van der Waals surface area contributed by atoms with Gasteiger partial charge < -0.3 is 5.32 Å². The topological polar surface area (TPSA) is 12.0 Å². The van der Waals surface area contributed by atoms with Gasteiger partial charge >= 0.3 is 0 Å². The second-order valence-electron chi connectivity index (χ2n) is 6.14. The summed E-state index contributed by atoms with van der Waals surface area (Å²) in [6, 6.07) is 7.59. The lowest BCUT2D eigenvalue weighted by molar-refractivity contribution is 0.317. The van der Waals surface area contributed by atoms with E-state index in [1.165, 1.54) is 50.5 Å². The zero-order chi connectivity index (χ0) is 14.2. The maximum absolute atomic E-state index is 13.0. The van der Waals surface area contributed by atoms with Crippen LogP contribution in [0, 0.1) is 11.7 Å². The Morgan fingerprint density at radius 2 is 1.75 bits per heavy atom. The molecule has 0 bridgehead atoms. The highest BCUT2D eigenvalue weighted by atomic mass is 19.1. The molecule has 1 fully saturated rings. The molecule has 0 aromatic heterocycles. The number of benzene rings is 1. The highest BCUT2D eigenvalue weighted by Crippen LogP contribution is 2.27. The monoisotopic (exact) mass is 277 g/mol. The van der Waals surface area contributed by atoms with Crippen molar-refractivity contribution in [2.45, 2.75) is 64.3 Å². The molecule has 2 heteroatoms. The van der Waals surface area contributed by atoms with Crippen LogP contribution in [0.5, 0.6) is 0 Å². The summed E-state index contributed by atoms with van der Waals surface area (Å²) in [4.78, 5) is 0. The van der Waals surface area contributed by atoms with Crippen LogP contribution >= 0.6 is 0 Å². The summed E-state index contributed by atoms with van der Waals surface area (Å²) in [5.41, 5.74) is 1.25. The van der Waals surface area contributed by atoms with E-state index in [-0.39, 0.29) is 5.82 Å². The van der Waals surface area contributed by atoms with Crippen LogP contribution in [-0.2, 0) is 6.42 Å². The zero-order valence-corrected chi connectivity index (χ0v) is 12.7. The lowest BCUT2D eigenvalue weighted by Crippen LogP contribution is -2.38. The van der Waals surface area contributed by atoms with Crippen LogP contribution in [0.3, 0.4) is 0 Å². The van der Waals surface area contributed by atoms with Crippen molar-refractivity contribution in [1.29, 1.82) is 0 Å². The Bertz CT molecular complexity index is 366. The standard InChI is InChI=1S/C18H28FN/c1-2-13-20-18(16-7-5-3-4-6-8-16)14-15-9-11-17(19)12-10-15/h9-12,16,18,20H,2-8,13-14H2,1H3. The van der Waals surface area contributed by atoms with E-state index in [1.807, 2.05) is 12.1 Å². The average molecular weight is 277 g/mol. The van der Waals surface area contributed by atoms with Crippen LogP contribution in [0.25, 0.3) is 0 Å². The fraction of sp³-hybridized carbons (Fsp3) is 0.667. The van der Waals surface area contributed by atoms with E-state index in [9.17, 15) is 4.39 Å². The van der Waals surface area contributed by atoms with Crippen LogP contribution in [0.2, 0.25) is 0 Å². The minimum Gasteiger partial charge on any atom is -0.313 e. The van der Waals surface area contributed by atoms with Crippen molar-refractivity contribution in [3.05, 3.63) is 35.6 Å². The van der Waals surface area contributed by atoms with Crippen LogP contribution in [0.4, 0.5) is 4.39 Å². The molecule has 1 aliphatic rings. The largest absolute Gasteiger partial charge is 0.313 e. The summed E-state index contributed by atoms with van der Waals surface area (Å²) in [5, 5.41) is 3.74. The van der Waals surface area contributed by atoms with Gasteiger partial charge in [0.15, 0.2) is 0 Å². The Morgan fingerprint density at radius 3 is 2.35 bits per heavy atom. The summed E-state index contributed by atoms with van der Waals surface area (Å²) in [5.74, 6) is 0.649. The van der Waals surface area contributed by atoms with Gasteiger partial charge in [-0.05, 0) is 55.8 Å². The first-order valence-corrected chi connectivity index (χ1v) is 8.27. The molecule has 0 spiro atoms. The first kappa shape index (κ1) is 15.5. The minimum absolute atomic E-state index is 0.138. The zero-order valence-electron chi connectivity index (χ0n) is 12.7. The first-order chi connectivity index (χ1) is 9.79. The quantitative estimate of drug-likeness (QED) is 0.743. The number of nitrogens with one attached hydrogen (secondary N) is 1. The highest BCUT2D eigenvalue weighted by Gasteiger charge is 2.22. The molecule has 20 heavy (non-hydrogen) atoms. The second-order valence-corrected chi connectivity index (χ2v) is 6.14. The van der Waals surface area contributed by atoms with Gasteiger partial charge in [-0.3, -0.25) is 0 Å². The van der Waals surface area contributed by atoms with Crippen LogP contribution in [-0.4, -0.2) is 12.6 Å². The van der Waals surface area contributed by atoms with Gasteiger partial charge in [-0.15, -0.1) is 0 Å². The second kappa shape index (κ2) is 8.41. The molecule has 1 aromatic carbocycles. The van der Waals surface area contributed by atoms with Gasteiger partial charge in [-0.25, -0.2) is 4.39 Å². The van der Waals surface area contributed by atoms with Gasteiger partial charge in [0.2, 0.25) is 0 Å². The molecular formula is C18H28FN. The Kier molecular flexibility index (Phi) is 6.52. The fourth-order valence-electron chi connectivity index (χ4n) is 3.32. The van der Waals surface area contributed by atoms with Crippen molar-refractivity contribution in [2.24, 2.45) is 5.92 Å². The number of rotatable bonds is 6. The van der Waals surface area contributed by atoms with Crippen LogP contribution in [0.15, 0.2) is 24.3 Å². The van der Waals surface area contributed by atoms with Crippen molar-refractivity contribution >= 4 is 0 Å². The van der Waals surface area contributed by atoms with E-state index in [1.54, 1.807) is 12.1 Å². The Hall–Kier alpha value is -0.890. The van der Waals surface area contributed by atoms with Crippen molar-refractivity contribution in [3.8, 4) is 0 Å². The molecule has 1 aliphatic carbocycles. The summed E-state index contributed by atoms with van der Waals surface area (Å²) < 4.78 is 13.0. The number of halogens is 1. The van der Waals surface area contributed by atoms with E-state index >= 15 is 0 Å². The fourth-order valence-corrected chi connectivity index (χ4v) is 3.32. The van der Waals surface area contributed by atoms with Crippen LogP contribution in [0.1, 0.15) is 57.4 Å². The van der Waals surface area contributed by atoms with Crippen molar-refractivity contribution < 1.29 is 4.39 Å². The van der Waals surface area contributed by atoms with Gasteiger partial charge in [0.25, 0.3) is 0 Å². The van der Waals surface area contributed by atoms with Crippen LogP contribution < -0.4 is 5.32 Å². The van der Waals surface area contributed by atoms with Gasteiger partial charge in [-0.2, -0.15) is 0 Å². The molecule has 0 radical (unpaired) electrons. The molecule has 1 saturated carbocycles. The predicted octanol–water partition coefficient (Wildman–Crippen LogP) is 4.71. The SMILES string of the molecule is CCCNC(Cc1ccc(F)cc1)C1CCCCCC1. The van der Waals surface area contributed by atoms with Gasteiger partial charge in [0, 0.05) is 6.04 Å². The third kappa shape index (κ3) is 4.90. The minimum atomic E-state index is -0.138. The third-order valence-electron chi connectivity index (χ3n) is 4.49. The maximum atomic E-state index is 13.0. The molecule has 1 unspecified atom stereocenters. The normalized spacial score (nSPS) is 18.7. The van der Waals surface area contributed by atoms with Gasteiger partial charge in [0.05, 0.1) is 0 Å². The summed E-state index contributed by atoms with van der Waals surface area (Å²) in [7, 11) is 0. The molecule has 112 valence electrons. The summed E-state index contributed by atoms with van der Waals surface area (Å²) >= 11 is 0. The molecule has 0 amide bonds. The third-order valence-corrected chi connectivity index (χ3v) is 4.49. The Balaban J connectivity index is 1.99. The molecule has 0 heterocycles. The lowest BCUT2D eigenvalue weighted by Gasteiger charge is -2.27. The van der Waals surface area contributed by atoms with E-state index < -0.39 is 0 Å². The molecule has 1 aromatic rings. The van der Waals surface area contributed by atoms with E-state index in [4.69, 9.17) is 0 Å². The summed E-state index contributed by atoms with van der Waals surface area (Å²) in [6.45, 7) is 3.30. The Morgan fingerprint density at radius 1 is 1.10 bits per heavy atom. The Labute approximate surface area is 123 Å². The maximum Gasteiger partial charge on any atom is 0.123 e. The molecular weight excluding hydrogens is 249 g/mol. The highest BCUT2D eigenvalue weighted by molar-refractivity contribution is 5.17. The first-order valence-electron chi connectivity index (χ1n) is 8.27. The number of hydrogen-bond donors (Lipinski definition) is 1. The van der Waals surface area contributed by atoms with Crippen molar-refractivity contribution in [1.82, 2.24) is 5.32 Å². The van der Waals surface area contributed by atoms with Crippen molar-refractivity contribution in [2.75, 3.05) is 6.54 Å². The van der Waals surface area contributed by atoms with E-state index in [0.717, 1.165) is 18.9 Å². The van der Waals surface area contributed by atoms with Gasteiger partial charge in [-0.1, -0.05) is 44.7 Å². The van der Waals surface area contributed by atoms with E-state index in [0.29, 0.717) is 6.04 Å². The molecule has 1 atom stereocenters.